The van der Waals surface area contributed by atoms with Crippen molar-refractivity contribution in [2.75, 3.05) is 25.0 Å². The Hall–Kier alpha value is -3.17. The van der Waals surface area contributed by atoms with Crippen molar-refractivity contribution in [3.63, 3.8) is 0 Å². The van der Waals surface area contributed by atoms with E-state index in [0.29, 0.717) is 29.2 Å². The molecule has 4 aromatic rings. The van der Waals surface area contributed by atoms with Crippen LogP contribution in [0.15, 0.2) is 46.6 Å². The molecule has 2 aliphatic carbocycles. The van der Waals surface area contributed by atoms with Crippen molar-refractivity contribution in [3.8, 4) is 0 Å². The van der Waals surface area contributed by atoms with E-state index >= 15 is 0 Å². The molecule has 3 aromatic heterocycles. The summed E-state index contributed by atoms with van der Waals surface area (Å²) in [5.41, 5.74) is 7.57. The molecule has 2 saturated carbocycles. The molecule has 1 amide bonds. The number of aromatic amines is 1. The molecular weight excluding hydrogens is 506 g/mol. The highest BCUT2D eigenvalue weighted by atomic mass is 35.5. The van der Waals surface area contributed by atoms with Gasteiger partial charge in [0.15, 0.2) is 5.16 Å². The summed E-state index contributed by atoms with van der Waals surface area (Å²) in [4.78, 5) is 33.7. The van der Waals surface area contributed by atoms with Crippen LogP contribution in [0.5, 0.6) is 0 Å². The molecule has 8 nitrogen and oxygen atoms in total. The van der Waals surface area contributed by atoms with E-state index < -0.39 is 5.54 Å². The van der Waals surface area contributed by atoms with Crippen LogP contribution in [0.2, 0.25) is 5.02 Å². The van der Waals surface area contributed by atoms with Crippen LogP contribution in [0.25, 0.3) is 21.9 Å². The van der Waals surface area contributed by atoms with Gasteiger partial charge in [-0.2, -0.15) is 0 Å². The summed E-state index contributed by atoms with van der Waals surface area (Å²) >= 11 is 8.45. The topological polar surface area (TPSA) is 104 Å². The Morgan fingerprint density at radius 3 is 2.81 bits per heavy atom. The number of carbonyl (C=O) groups excluding carboxylic acids is 1. The van der Waals surface area contributed by atoms with Crippen molar-refractivity contribution in [2.45, 2.75) is 41.3 Å². The highest BCUT2D eigenvalue weighted by molar-refractivity contribution is 7.99. The number of hydrogen-bond acceptors (Lipinski definition) is 6. The molecule has 1 saturated heterocycles. The van der Waals surface area contributed by atoms with Crippen LogP contribution in [0, 0.1) is 11.3 Å². The molecule has 0 bridgehead atoms. The molecule has 3 atom stereocenters. The number of amides is 1. The van der Waals surface area contributed by atoms with Gasteiger partial charge in [0, 0.05) is 41.2 Å². The summed E-state index contributed by atoms with van der Waals surface area (Å²) in [6, 6.07) is 10.2. The number of anilines is 1. The molecule has 1 aliphatic heterocycles. The van der Waals surface area contributed by atoms with Crippen molar-refractivity contribution >= 4 is 63.7 Å². The van der Waals surface area contributed by atoms with Crippen molar-refractivity contribution in [3.05, 3.63) is 47.2 Å². The first-order valence-corrected chi connectivity index (χ1v) is 13.6. The zero-order valence-electron chi connectivity index (χ0n) is 20.7. The monoisotopic (exact) mass is 532 g/mol. The third-order valence-electron chi connectivity index (χ3n) is 8.61. The summed E-state index contributed by atoms with van der Waals surface area (Å²) in [6.45, 7) is 7.45. The second kappa shape index (κ2) is 7.68. The SMILES string of the molecule is C=[N+](C)C1(C(N)=O)C2CN(c3nc(Sc4ccc5cccnc5c4)nc4[nH]c(C5CC5)c(Cl)c34)CC21C. The lowest BCUT2D eigenvalue weighted by Gasteiger charge is -2.26. The summed E-state index contributed by atoms with van der Waals surface area (Å²) in [6.07, 6.45) is 4.05. The third-order valence-corrected chi connectivity index (χ3v) is 9.86. The van der Waals surface area contributed by atoms with Crippen LogP contribution < -0.4 is 10.6 Å². The minimum Gasteiger partial charge on any atom is -0.364 e. The van der Waals surface area contributed by atoms with Gasteiger partial charge in [-0.1, -0.05) is 30.7 Å². The number of H-pyrrole nitrogens is 1. The fourth-order valence-corrected chi connectivity index (χ4v) is 7.85. The van der Waals surface area contributed by atoms with E-state index in [-0.39, 0.29) is 17.2 Å². The van der Waals surface area contributed by atoms with Gasteiger partial charge in [-0.3, -0.25) is 9.78 Å². The summed E-state index contributed by atoms with van der Waals surface area (Å²) in [5.74, 6) is 0.997. The number of benzene rings is 1. The molecular formula is C27H27ClN7OS+. The number of primary amides is 1. The number of fused-ring (bicyclic) bond motifs is 3. The van der Waals surface area contributed by atoms with Gasteiger partial charge < -0.3 is 15.6 Å². The van der Waals surface area contributed by atoms with Gasteiger partial charge in [-0.25, -0.2) is 14.5 Å². The maximum atomic E-state index is 12.6. The third kappa shape index (κ3) is 3.13. The number of likely N-dealkylation sites (N-methyl/N-ethyl adjacent to an activating group) is 1. The maximum absolute atomic E-state index is 12.6. The second-order valence-electron chi connectivity index (χ2n) is 10.8. The fraction of sp³-hybridized carbons (Fsp3) is 0.370. The highest BCUT2D eigenvalue weighted by Crippen LogP contribution is 2.67. The standard InChI is InChI=1S/C27H26ClN7OS/c1-26-13-35(12-18(26)27(26,24(29)36)34(2)3)23-19-20(28)21(15-6-7-15)31-22(19)32-25(33-23)37-16-9-8-14-5-4-10-30-17(14)11-16/h4-5,8-11,15,18H,2,6-7,12-13H2,1,3H3,(H2-,29,31,32,33,36)/p+1. The van der Waals surface area contributed by atoms with Crippen LogP contribution in [0.3, 0.4) is 0 Å². The predicted molar refractivity (Wildman–Crippen MR) is 146 cm³/mol. The Bertz CT molecular complexity index is 1630. The number of nitrogens with two attached hydrogens (primary N) is 1. The van der Waals surface area contributed by atoms with E-state index in [1.807, 2.05) is 19.2 Å². The maximum Gasteiger partial charge on any atom is 0.290 e. The molecule has 0 radical (unpaired) electrons. The van der Waals surface area contributed by atoms with Crippen LogP contribution in [0.4, 0.5) is 5.82 Å². The van der Waals surface area contributed by atoms with Crippen LogP contribution in [-0.2, 0) is 4.79 Å². The van der Waals surface area contributed by atoms with E-state index in [1.54, 1.807) is 10.8 Å². The number of rotatable bonds is 6. The number of hydrogen-bond donors (Lipinski definition) is 2. The molecule has 4 heterocycles. The minimum atomic E-state index is -0.744. The number of carbonyl (C=O) groups is 1. The van der Waals surface area contributed by atoms with Crippen molar-refractivity contribution in [1.29, 1.82) is 0 Å². The number of nitrogens with one attached hydrogen (secondary N) is 1. The zero-order valence-corrected chi connectivity index (χ0v) is 22.2. The molecule has 7 rings (SSSR count). The molecule has 3 unspecified atom stereocenters. The van der Waals surface area contributed by atoms with Gasteiger partial charge in [0.1, 0.15) is 25.2 Å². The van der Waals surface area contributed by atoms with Crippen molar-refractivity contribution < 1.29 is 9.37 Å². The van der Waals surface area contributed by atoms with Gasteiger partial charge in [0.2, 0.25) is 0 Å². The first-order chi connectivity index (χ1) is 17.7. The Morgan fingerprint density at radius 1 is 1.32 bits per heavy atom. The van der Waals surface area contributed by atoms with Crippen LogP contribution in [0.1, 0.15) is 31.4 Å². The molecule has 37 heavy (non-hydrogen) atoms. The normalized spacial score (nSPS) is 26.6. The van der Waals surface area contributed by atoms with Gasteiger partial charge in [-0.05, 0) is 42.8 Å². The molecule has 3 aliphatic rings. The molecule has 188 valence electrons. The molecule has 3 N–H and O–H groups in total. The van der Waals surface area contributed by atoms with E-state index in [1.165, 1.54) is 11.8 Å². The lowest BCUT2D eigenvalue weighted by molar-refractivity contribution is -0.541. The van der Waals surface area contributed by atoms with E-state index in [2.05, 4.69) is 46.7 Å². The minimum absolute atomic E-state index is 0.0632. The lowest BCUT2D eigenvalue weighted by Crippen LogP contribution is -2.49. The summed E-state index contributed by atoms with van der Waals surface area (Å²) in [7, 11) is 1.83. The second-order valence-corrected chi connectivity index (χ2v) is 12.2. The Balaban J connectivity index is 1.30. The smallest absolute Gasteiger partial charge is 0.290 e. The summed E-state index contributed by atoms with van der Waals surface area (Å²) in [5, 5.41) is 3.29. The van der Waals surface area contributed by atoms with E-state index in [9.17, 15) is 4.79 Å². The average Bonchev–Trinajstić information content (AvgIpc) is 3.72. The Labute approximate surface area is 223 Å². The lowest BCUT2D eigenvalue weighted by atomic mass is 10.0. The molecule has 3 fully saturated rings. The van der Waals surface area contributed by atoms with Crippen LogP contribution in [-0.4, -0.2) is 62.8 Å². The average molecular weight is 533 g/mol. The predicted octanol–water partition coefficient (Wildman–Crippen LogP) is 4.21. The van der Waals surface area contributed by atoms with Crippen molar-refractivity contribution in [1.82, 2.24) is 19.9 Å². The van der Waals surface area contributed by atoms with Gasteiger partial charge in [0.25, 0.3) is 11.4 Å². The molecule has 1 aromatic carbocycles. The van der Waals surface area contributed by atoms with Gasteiger partial charge in [-0.15, -0.1) is 0 Å². The zero-order chi connectivity index (χ0) is 25.7. The molecule has 10 heteroatoms. The first-order valence-electron chi connectivity index (χ1n) is 12.4. The molecule has 0 spiro atoms. The number of piperidine rings is 1. The Kier molecular flexibility index (Phi) is 4.77. The van der Waals surface area contributed by atoms with Crippen molar-refractivity contribution in [2.24, 2.45) is 17.1 Å². The van der Waals surface area contributed by atoms with Gasteiger partial charge in [0.05, 0.1) is 27.3 Å². The van der Waals surface area contributed by atoms with E-state index in [4.69, 9.17) is 27.3 Å². The largest absolute Gasteiger partial charge is 0.364 e. The van der Waals surface area contributed by atoms with Gasteiger partial charge >= 0.3 is 0 Å². The number of halogens is 1. The number of nitrogens with zero attached hydrogens (tertiary/aromatic N) is 5. The Morgan fingerprint density at radius 2 is 2.14 bits per heavy atom. The quantitative estimate of drug-likeness (QED) is 0.219. The highest BCUT2D eigenvalue weighted by Gasteiger charge is 2.87. The first kappa shape index (κ1) is 23.0. The fourth-order valence-electron chi connectivity index (χ4n) is 6.69. The summed E-state index contributed by atoms with van der Waals surface area (Å²) < 4.78 is 1.75. The number of pyridine rings is 1. The van der Waals surface area contributed by atoms with Crippen LogP contribution >= 0.6 is 23.4 Å². The van der Waals surface area contributed by atoms with E-state index in [0.717, 1.165) is 51.2 Å². The number of aromatic nitrogens is 4.